The Kier molecular flexibility index (Phi) is 2.64. The molecule has 0 aromatic heterocycles. The summed E-state index contributed by atoms with van der Waals surface area (Å²) >= 11 is 0. The molecule has 6 rings (SSSR count). The summed E-state index contributed by atoms with van der Waals surface area (Å²) in [6.45, 7) is 6.41. The van der Waals surface area contributed by atoms with E-state index >= 15 is 0 Å². The van der Waals surface area contributed by atoms with E-state index in [-0.39, 0.29) is 17.5 Å². The molecule has 6 fully saturated rings. The maximum Gasteiger partial charge on any atom is 0.305 e. The van der Waals surface area contributed by atoms with Crippen LogP contribution in [0.15, 0.2) is 0 Å². The van der Waals surface area contributed by atoms with Crippen molar-refractivity contribution in [2.24, 2.45) is 34.5 Å². The summed E-state index contributed by atoms with van der Waals surface area (Å²) < 4.78 is 17.9. The molecule has 4 aliphatic carbocycles. The standard InChI is InChI=1S/C21H30O4/c1-12(22)23-21-19(3)11-9-15-14(16(19)17-20(21,24-17)25-21)8-7-13-6-4-5-10-18(13,15)2/h13-17H,4-11H2,1-3H3/t13?,14-,15+,16-,17?,18+,19+,20?,21?/m1/s1. The first-order chi connectivity index (χ1) is 11.9. The lowest BCUT2D eigenvalue weighted by Gasteiger charge is -2.60. The van der Waals surface area contributed by atoms with Gasteiger partial charge in [-0.15, -0.1) is 0 Å². The minimum Gasteiger partial charge on any atom is -0.426 e. The second kappa shape index (κ2) is 4.27. The Morgan fingerprint density at radius 2 is 1.92 bits per heavy atom. The maximum absolute atomic E-state index is 11.8. The Hall–Kier alpha value is -0.610. The molecule has 6 aliphatic rings. The van der Waals surface area contributed by atoms with Crippen LogP contribution in [0.25, 0.3) is 0 Å². The second-order valence-electron chi connectivity index (χ2n) is 10.3. The van der Waals surface area contributed by atoms with Crippen LogP contribution >= 0.6 is 0 Å². The molecule has 4 saturated carbocycles. The highest BCUT2D eigenvalue weighted by Gasteiger charge is 3.02. The van der Waals surface area contributed by atoms with Crippen molar-refractivity contribution in [3.05, 3.63) is 0 Å². The molecule has 0 aromatic rings. The number of esters is 1. The zero-order valence-corrected chi connectivity index (χ0v) is 15.7. The lowest BCUT2D eigenvalue weighted by Crippen LogP contribution is -2.57. The van der Waals surface area contributed by atoms with E-state index in [2.05, 4.69) is 13.8 Å². The fraction of sp³-hybridized carbons (Fsp3) is 0.952. The topological polar surface area (TPSA) is 51.4 Å². The van der Waals surface area contributed by atoms with Gasteiger partial charge in [-0.1, -0.05) is 26.7 Å². The second-order valence-corrected chi connectivity index (χ2v) is 10.3. The number of carbonyl (C=O) groups is 1. The van der Waals surface area contributed by atoms with Gasteiger partial charge in [-0.05, 0) is 61.7 Å². The Morgan fingerprint density at radius 1 is 1.08 bits per heavy atom. The molecule has 25 heavy (non-hydrogen) atoms. The molecule has 138 valence electrons. The smallest absolute Gasteiger partial charge is 0.305 e. The van der Waals surface area contributed by atoms with E-state index in [9.17, 15) is 4.79 Å². The Bertz CT molecular complexity index is 662. The van der Waals surface area contributed by atoms with Crippen LogP contribution in [0.5, 0.6) is 0 Å². The van der Waals surface area contributed by atoms with Gasteiger partial charge in [0.25, 0.3) is 11.6 Å². The van der Waals surface area contributed by atoms with Crippen LogP contribution in [0, 0.1) is 34.5 Å². The van der Waals surface area contributed by atoms with E-state index in [0.29, 0.717) is 17.3 Å². The van der Waals surface area contributed by atoms with Crippen molar-refractivity contribution >= 4 is 5.97 Å². The van der Waals surface area contributed by atoms with Gasteiger partial charge in [0, 0.05) is 18.3 Å². The summed E-state index contributed by atoms with van der Waals surface area (Å²) in [7, 11) is 0. The first-order valence-electron chi connectivity index (χ1n) is 10.5. The highest BCUT2D eigenvalue weighted by Crippen LogP contribution is 2.85. The Balaban J connectivity index is 1.37. The molecule has 4 nitrogen and oxygen atoms in total. The summed E-state index contributed by atoms with van der Waals surface area (Å²) in [4.78, 5) is 11.8. The zero-order valence-electron chi connectivity index (χ0n) is 15.7. The van der Waals surface area contributed by atoms with Crippen LogP contribution in [-0.4, -0.2) is 23.6 Å². The molecule has 0 bridgehead atoms. The number of hydrogen-bond donors (Lipinski definition) is 0. The van der Waals surface area contributed by atoms with Gasteiger partial charge in [-0.3, -0.25) is 9.53 Å². The van der Waals surface area contributed by atoms with Crippen LogP contribution < -0.4 is 0 Å². The van der Waals surface area contributed by atoms with E-state index in [4.69, 9.17) is 14.2 Å². The number of hydrogen-bond acceptors (Lipinski definition) is 4. The third-order valence-corrected chi connectivity index (χ3v) is 9.53. The van der Waals surface area contributed by atoms with Crippen molar-refractivity contribution in [1.29, 1.82) is 0 Å². The van der Waals surface area contributed by atoms with Crippen molar-refractivity contribution in [3.63, 3.8) is 0 Å². The number of rotatable bonds is 1. The Morgan fingerprint density at radius 3 is 2.72 bits per heavy atom. The van der Waals surface area contributed by atoms with E-state index in [1.165, 1.54) is 51.9 Å². The summed E-state index contributed by atoms with van der Waals surface area (Å²) in [6.07, 6.45) is 10.9. The van der Waals surface area contributed by atoms with Gasteiger partial charge in [0.15, 0.2) is 0 Å². The molecule has 9 atom stereocenters. The molecule has 0 N–H and O–H groups in total. The van der Waals surface area contributed by atoms with E-state index < -0.39 is 11.6 Å². The first kappa shape index (κ1) is 15.4. The molecular formula is C21H30O4. The molecular weight excluding hydrogens is 316 g/mol. The average molecular weight is 346 g/mol. The summed E-state index contributed by atoms with van der Waals surface area (Å²) in [5.74, 6) is 1.37. The summed E-state index contributed by atoms with van der Waals surface area (Å²) in [5, 5.41) is 0. The lowest BCUT2D eigenvalue weighted by atomic mass is 9.45. The zero-order chi connectivity index (χ0) is 17.2. The molecule has 0 radical (unpaired) electrons. The van der Waals surface area contributed by atoms with Crippen molar-refractivity contribution in [1.82, 2.24) is 0 Å². The van der Waals surface area contributed by atoms with E-state index in [1.807, 2.05) is 0 Å². The van der Waals surface area contributed by atoms with Gasteiger partial charge in [0.05, 0.1) is 0 Å². The normalized spacial score (nSPS) is 63.4. The predicted molar refractivity (Wildman–Crippen MR) is 90.3 cm³/mol. The molecule has 0 aromatic carbocycles. The summed E-state index contributed by atoms with van der Waals surface area (Å²) in [6, 6.07) is 0. The van der Waals surface area contributed by atoms with Gasteiger partial charge in [-0.2, -0.15) is 0 Å². The fourth-order valence-corrected chi connectivity index (χ4v) is 8.41. The van der Waals surface area contributed by atoms with Crippen molar-refractivity contribution in [3.8, 4) is 0 Å². The number of carbonyl (C=O) groups excluding carboxylic acids is 1. The molecule has 2 aliphatic heterocycles. The van der Waals surface area contributed by atoms with Crippen LogP contribution in [-0.2, 0) is 19.0 Å². The summed E-state index contributed by atoms with van der Waals surface area (Å²) in [5.41, 5.74) is 0.452. The maximum atomic E-state index is 11.8. The van der Waals surface area contributed by atoms with Crippen LogP contribution in [0.2, 0.25) is 0 Å². The molecule has 1 spiro atoms. The van der Waals surface area contributed by atoms with Crippen LogP contribution in [0.3, 0.4) is 0 Å². The molecule has 2 saturated heterocycles. The van der Waals surface area contributed by atoms with Gasteiger partial charge >= 0.3 is 5.97 Å². The highest BCUT2D eigenvalue weighted by molar-refractivity contribution is 5.67. The van der Waals surface area contributed by atoms with E-state index in [1.54, 1.807) is 0 Å². The third-order valence-electron chi connectivity index (χ3n) is 9.53. The molecule has 4 unspecified atom stereocenters. The van der Waals surface area contributed by atoms with Crippen LogP contribution in [0.4, 0.5) is 0 Å². The van der Waals surface area contributed by atoms with Gasteiger partial charge < -0.3 is 9.47 Å². The third kappa shape index (κ3) is 1.50. The van der Waals surface area contributed by atoms with Crippen molar-refractivity contribution in [2.45, 2.75) is 89.8 Å². The fourth-order valence-electron chi connectivity index (χ4n) is 8.41. The van der Waals surface area contributed by atoms with Crippen LogP contribution in [0.1, 0.15) is 72.1 Å². The minimum atomic E-state index is -0.781. The van der Waals surface area contributed by atoms with Gasteiger partial charge in [0.1, 0.15) is 6.10 Å². The van der Waals surface area contributed by atoms with Crippen molar-refractivity contribution < 1.29 is 19.0 Å². The molecule has 0 amide bonds. The SMILES string of the molecule is CC(=O)OC12OC13OC3[C@H]1[C@@H]3CCC4CCCC[C@]4(C)[C@H]3CC[C@@]12C. The monoisotopic (exact) mass is 346 g/mol. The molecule has 4 heteroatoms. The van der Waals surface area contributed by atoms with Gasteiger partial charge in [-0.25, -0.2) is 0 Å². The van der Waals surface area contributed by atoms with E-state index in [0.717, 1.165) is 18.3 Å². The molecule has 2 heterocycles. The van der Waals surface area contributed by atoms with Gasteiger partial charge in [0.2, 0.25) is 0 Å². The highest BCUT2D eigenvalue weighted by atomic mass is 17.0. The number of epoxide rings is 2. The predicted octanol–water partition coefficient (Wildman–Crippen LogP) is 4.02. The largest absolute Gasteiger partial charge is 0.426 e. The Labute approximate surface area is 150 Å². The quantitative estimate of drug-likeness (QED) is 0.531. The minimum absolute atomic E-state index is 0.0688. The number of ether oxygens (including phenoxy) is 3. The first-order valence-corrected chi connectivity index (χ1v) is 10.5. The lowest BCUT2D eigenvalue weighted by molar-refractivity contribution is -0.205. The number of fused-ring (bicyclic) bond motifs is 7. The van der Waals surface area contributed by atoms with Crippen molar-refractivity contribution in [2.75, 3.05) is 0 Å². The average Bonchev–Trinajstić information content (AvgIpc) is 3.42.